The van der Waals surface area contributed by atoms with Gasteiger partial charge in [-0.05, 0) is 28.1 Å². The van der Waals surface area contributed by atoms with Crippen molar-refractivity contribution in [3.8, 4) is 0 Å². The summed E-state index contributed by atoms with van der Waals surface area (Å²) in [5.74, 6) is -0.397. The Morgan fingerprint density at radius 1 is 1.50 bits per heavy atom. The van der Waals surface area contributed by atoms with Crippen LogP contribution in [0.15, 0.2) is 34.9 Å². The molecule has 0 aliphatic rings. The van der Waals surface area contributed by atoms with Gasteiger partial charge in [-0.1, -0.05) is 6.07 Å². The lowest BCUT2D eigenvalue weighted by atomic mass is 10.2. The maximum absolute atomic E-state index is 12.0. The van der Waals surface area contributed by atoms with Crippen LogP contribution in [0.25, 0.3) is 0 Å². The molecule has 0 atom stereocenters. The number of carbonyl (C=O) groups is 1. The third kappa shape index (κ3) is 3.02. The van der Waals surface area contributed by atoms with Crippen molar-refractivity contribution in [2.24, 2.45) is 7.05 Å². The predicted octanol–water partition coefficient (Wildman–Crippen LogP) is 2.02. The summed E-state index contributed by atoms with van der Waals surface area (Å²) >= 11 is 3.09. The fraction of sp³-hybridized carbons (Fsp3) is 0.167. The Balaban J connectivity index is 2.13. The van der Waals surface area contributed by atoms with Crippen LogP contribution in [0, 0.1) is 10.1 Å². The van der Waals surface area contributed by atoms with Gasteiger partial charge < -0.3 is 5.32 Å². The first-order valence-electron chi connectivity index (χ1n) is 5.68. The van der Waals surface area contributed by atoms with Gasteiger partial charge in [-0.15, -0.1) is 0 Å². The van der Waals surface area contributed by atoms with Crippen molar-refractivity contribution in [3.05, 3.63) is 56.3 Å². The number of nitrogens with one attached hydrogen (secondary N) is 1. The maximum Gasteiger partial charge on any atom is 0.284 e. The van der Waals surface area contributed by atoms with Gasteiger partial charge in [-0.3, -0.25) is 19.6 Å². The predicted molar refractivity (Wildman–Crippen MR) is 75.2 cm³/mol. The maximum atomic E-state index is 12.0. The monoisotopic (exact) mass is 338 g/mol. The number of nitro groups is 1. The highest BCUT2D eigenvalue weighted by atomic mass is 79.9. The summed E-state index contributed by atoms with van der Waals surface area (Å²) < 4.78 is 1.80. The Labute approximate surface area is 122 Å². The number of carbonyl (C=O) groups excluding carboxylic acids is 1. The van der Waals surface area contributed by atoms with E-state index in [0.29, 0.717) is 5.69 Å². The lowest BCUT2D eigenvalue weighted by Crippen LogP contribution is -2.23. The van der Waals surface area contributed by atoms with Gasteiger partial charge in [0.2, 0.25) is 0 Å². The van der Waals surface area contributed by atoms with Gasteiger partial charge in [-0.2, -0.15) is 5.10 Å². The molecule has 8 heteroatoms. The highest BCUT2D eigenvalue weighted by molar-refractivity contribution is 9.10. The lowest BCUT2D eigenvalue weighted by Gasteiger charge is -2.05. The molecule has 0 aliphatic carbocycles. The van der Waals surface area contributed by atoms with Crippen LogP contribution in [0.5, 0.6) is 0 Å². The minimum atomic E-state index is -0.542. The van der Waals surface area contributed by atoms with Crippen LogP contribution in [0.3, 0.4) is 0 Å². The number of hydrogen-bond acceptors (Lipinski definition) is 4. The molecule has 0 bridgehead atoms. The number of aromatic nitrogens is 2. The van der Waals surface area contributed by atoms with Gasteiger partial charge in [0.05, 0.1) is 22.7 Å². The number of benzene rings is 1. The van der Waals surface area contributed by atoms with Crippen molar-refractivity contribution >= 4 is 27.5 Å². The largest absolute Gasteiger partial charge is 0.346 e. The second-order valence-corrected chi connectivity index (χ2v) is 4.85. The van der Waals surface area contributed by atoms with Crippen LogP contribution in [0.1, 0.15) is 16.1 Å². The van der Waals surface area contributed by atoms with Gasteiger partial charge in [0.25, 0.3) is 11.6 Å². The van der Waals surface area contributed by atoms with E-state index in [9.17, 15) is 14.9 Å². The molecule has 1 amide bonds. The number of aryl methyl sites for hydroxylation is 1. The van der Waals surface area contributed by atoms with Crippen molar-refractivity contribution in [2.75, 3.05) is 0 Å². The summed E-state index contributed by atoms with van der Waals surface area (Å²) in [4.78, 5) is 22.3. The summed E-state index contributed by atoms with van der Waals surface area (Å²) in [6.07, 6.45) is 1.77. The Morgan fingerprint density at radius 3 is 2.85 bits per heavy atom. The molecule has 0 saturated heterocycles. The van der Waals surface area contributed by atoms with Crippen molar-refractivity contribution < 1.29 is 9.72 Å². The van der Waals surface area contributed by atoms with Crippen LogP contribution >= 0.6 is 15.9 Å². The molecule has 0 unspecified atom stereocenters. The molecule has 1 N–H and O–H groups in total. The van der Waals surface area contributed by atoms with E-state index >= 15 is 0 Å². The summed E-state index contributed by atoms with van der Waals surface area (Å²) in [5.41, 5.74) is 0.785. The molecule has 1 aromatic heterocycles. The van der Waals surface area contributed by atoms with Crippen LogP contribution in [0.4, 0.5) is 5.69 Å². The molecular formula is C12H11BrN4O3. The number of halogens is 1. The number of nitrogens with zero attached hydrogens (tertiary/aromatic N) is 3. The first-order valence-corrected chi connectivity index (χ1v) is 6.48. The number of nitro benzene ring substituents is 1. The zero-order valence-electron chi connectivity index (χ0n) is 10.5. The molecule has 104 valence electrons. The molecule has 0 radical (unpaired) electrons. The molecular weight excluding hydrogens is 328 g/mol. The van der Waals surface area contributed by atoms with Gasteiger partial charge in [0.1, 0.15) is 4.47 Å². The van der Waals surface area contributed by atoms with Gasteiger partial charge in [0, 0.05) is 19.3 Å². The number of amides is 1. The second-order valence-electron chi connectivity index (χ2n) is 4.06. The highest BCUT2D eigenvalue weighted by Crippen LogP contribution is 2.28. The van der Waals surface area contributed by atoms with Crippen LogP contribution in [-0.2, 0) is 13.6 Å². The standard InChI is InChI=1S/C12H11BrN4O3/c1-16-6-5-8(15-16)7-14-12(18)9-3-2-4-10(11(9)13)17(19)20/h2-6H,7H2,1H3,(H,14,18). The third-order valence-electron chi connectivity index (χ3n) is 2.62. The first kappa shape index (κ1) is 14.2. The van der Waals surface area contributed by atoms with E-state index in [1.54, 1.807) is 24.0 Å². The van der Waals surface area contributed by atoms with Crippen molar-refractivity contribution in [2.45, 2.75) is 6.54 Å². The average Bonchev–Trinajstić information content (AvgIpc) is 2.81. The Morgan fingerprint density at radius 2 is 2.25 bits per heavy atom. The molecule has 2 rings (SSSR count). The topological polar surface area (TPSA) is 90.1 Å². The minimum absolute atomic E-state index is 0.143. The fourth-order valence-electron chi connectivity index (χ4n) is 1.66. The normalized spacial score (nSPS) is 10.3. The van der Waals surface area contributed by atoms with Gasteiger partial charge >= 0.3 is 0 Å². The molecule has 0 fully saturated rings. The lowest BCUT2D eigenvalue weighted by molar-refractivity contribution is -0.385. The van der Waals surface area contributed by atoms with E-state index in [-0.39, 0.29) is 22.3 Å². The zero-order valence-corrected chi connectivity index (χ0v) is 12.1. The van der Waals surface area contributed by atoms with Gasteiger partial charge in [-0.25, -0.2) is 0 Å². The Bertz CT molecular complexity index is 668. The average molecular weight is 339 g/mol. The molecule has 7 nitrogen and oxygen atoms in total. The summed E-state index contributed by atoms with van der Waals surface area (Å²) in [6, 6.07) is 6.10. The minimum Gasteiger partial charge on any atom is -0.346 e. The number of rotatable bonds is 4. The molecule has 1 aromatic carbocycles. The van der Waals surface area contributed by atoms with Crippen LogP contribution in [0.2, 0.25) is 0 Å². The Hall–Kier alpha value is -2.22. The smallest absolute Gasteiger partial charge is 0.284 e. The summed E-state index contributed by atoms with van der Waals surface area (Å²) in [7, 11) is 1.78. The van der Waals surface area contributed by atoms with E-state index in [1.165, 1.54) is 18.2 Å². The highest BCUT2D eigenvalue weighted by Gasteiger charge is 2.19. The molecule has 2 aromatic rings. The van der Waals surface area contributed by atoms with E-state index in [1.807, 2.05) is 0 Å². The SMILES string of the molecule is Cn1ccc(CNC(=O)c2cccc([N+](=O)[O-])c2Br)n1. The Kier molecular flexibility index (Phi) is 4.14. The van der Waals surface area contributed by atoms with Crippen molar-refractivity contribution in [1.29, 1.82) is 0 Å². The fourth-order valence-corrected chi connectivity index (χ4v) is 2.25. The van der Waals surface area contributed by atoms with Crippen molar-refractivity contribution in [1.82, 2.24) is 15.1 Å². The molecule has 20 heavy (non-hydrogen) atoms. The number of hydrogen-bond donors (Lipinski definition) is 1. The second kappa shape index (κ2) is 5.83. The van der Waals surface area contributed by atoms with E-state index in [0.717, 1.165) is 0 Å². The molecule has 0 saturated carbocycles. The molecule has 0 spiro atoms. The van der Waals surface area contributed by atoms with E-state index in [4.69, 9.17) is 0 Å². The third-order valence-corrected chi connectivity index (χ3v) is 3.45. The summed E-state index contributed by atoms with van der Waals surface area (Å²) in [5, 5.41) is 17.6. The first-order chi connectivity index (χ1) is 9.49. The van der Waals surface area contributed by atoms with Gasteiger partial charge in [0.15, 0.2) is 0 Å². The van der Waals surface area contributed by atoms with E-state index in [2.05, 4.69) is 26.3 Å². The van der Waals surface area contributed by atoms with Crippen molar-refractivity contribution in [3.63, 3.8) is 0 Å². The quantitative estimate of drug-likeness (QED) is 0.682. The van der Waals surface area contributed by atoms with E-state index < -0.39 is 10.8 Å². The van der Waals surface area contributed by atoms with Crippen LogP contribution < -0.4 is 5.32 Å². The molecule has 1 heterocycles. The van der Waals surface area contributed by atoms with Crippen LogP contribution in [-0.4, -0.2) is 20.6 Å². The zero-order chi connectivity index (χ0) is 14.7. The summed E-state index contributed by atoms with van der Waals surface area (Å²) in [6.45, 7) is 0.259. The molecule has 0 aliphatic heterocycles.